The minimum absolute atomic E-state index is 0.0434. The fraction of sp³-hybridized carbons (Fsp3) is 0. The summed E-state index contributed by atoms with van der Waals surface area (Å²) >= 11 is 3.31. The normalized spacial score (nSPS) is 10.5. The Kier molecular flexibility index (Phi) is 1.81. The smallest absolute Gasteiger partial charge is 0.354 e. The van der Waals surface area contributed by atoms with Crippen LogP contribution < -0.4 is 0 Å². The van der Waals surface area contributed by atoms with Crippen LogP contribution in [0.4, 0.5) is 0 Å². The molecule has 4 nitrogen and oxygen atoms in total. The molecule has 0 fully saturated rings. The summed E-state index contributed by atoms with van der Waals surface area (Å²) < 4.78 is 0.881. The van der Waals surface area contributed by atoms with E-state index in [4.69, 9.17) is 5.11 Å². The summed E-state index contributed by atoms with van der Waals surface area (Å²) in [7, 11) is 0. The first-order valence-electron chi connectivity index (χ1n) is 3.55. The number of aromatic nitrogens is 2. The van der Waals surface area contributed by atoms with Crippen molar-refractivity contribution in [2.45, 2.75) is 0 Å². The fourth-order valence-electron chi connectivity index (χ4n) is 1.09. The molecule has 0 aliphatic carbocycles. The molecule has 0 radical (unpaired) electrons. The number of aromatic amines is 1. The van der Waals surface area contributed by atoms with Crippen molar-refractivity contribution >= 4 is 32.9 Å². The molecule has 2 aromatic heterocycles. The highest BCUT2D eigenvalue weighted by atomic mass is 79.9. The van der Waals surface area contributed by atoms with Gasteiger partial charge in [-0.05, 0) is 28.1 Å². The van der Waals surface area contributed by atoms with Crippen molar-refractivity contribution in [3.05, 3.63) is 28.5 Å². The second-order valence-corrected chi connectivity index (χ2v) is 3.39. The lowest BCUT2D eigenvalue weighted by atomic mass is 10.3. The van der Waals surface area contributed by atoms with E-state index in [1.807, 2.05) is 0 Å². The van der Waals surface area contributed by atoms with Crippen LogP contribution in [0.15, 0.2) is 22.8 Å². The first-order chi connectivity index (χ1) is 6.18. The van der Waals surface area contributed by atoms with Crippen molar-refractivity contribution in [2.75, 3.05) is 0 Å². The number of carboxylic acids is 1. The minimum Gasteiger partial charge on any atom is -0.477 e. The molecule has 66 valence electrons. The average Bonchev–Trinajstić information content (AvgIpc) is 2.47. The molecule has 0 bridgehead atoms. The molecule has 0 aliphatic rings. The predicted octanol–water partition coefficient (Wildman–Crippen LogP) is 2.02. The fourth-order valence-corrected chi connectivity index (χ4v) is 1.52. The number of halogens is 1. The van der Waals surface area contributed by atoms with Gasteiger partial charge in [-0.3, -0.25) is 0 Å². The third kappa shape index (κ3) is 1.31. The summed E-state index contributed by atoms with van der Waals surface area (Å²) in [6.07, 6.45) is 1.73. The summed E-state index contributed by atoms with van der Waals surface area (Å²) in [6.45, 7) is 0. The number of aromatic carboxylic acids is 1. The van der Waals surface area contributed by atoms with Gasteiger partial charge in [0.25, 0.3) is 0 Å². The Bertz CT molecular complexity index is 478. The number of carboxylic acid groups (broad SMARTS) is 1. The lowest BCUT2D eigenvalue weighted by Crippen LogP contribution is -1.99. The monoisotopic (exact) mass is 240 g/mol. The van der Waals surface area contributed by atoms with Crippen LogP contribution in [0.5, 0.6) is 0 Å². The van der Waals surface area contributed by atoms with Crippen molar-refractivity contribution in [2.24, 2.45) is 0 Å². The number of hydrogen-bond donors (Lipinski definition) is 2. The Morgan fingerprint density at radius 2 is 2.31 bits per heavy atom. The van der Waals surface area contributed by atoms with E-state index < -0.39 is 5.97 Å². The number of nitrogens with one attached hydrogen (secondary N) is 1. The van der Waals surface area contributed by atoms with Gasteiger partial charge >= 0.3 is 5.97 Å². The third-order valence-electron chi connectivity index (χ3n) is 1.71. The van der Waals surface area contributed by atoms with E-state index in [1.54, 1.807) is 12.3 Å². The summed E-state index contributed by atoms with van der Waals surface area (Å²) in [5.41, 5.74) is 0.619. The minimum atomic E-state index is -1.02. The highest BCUT2D eigenvalue weighted by Crippen LogP contribution is 2.21. The van der Waals surface area contributed by atoms with Gasteiger partial charge in [0.1, 0.15) is 5.65 Å². The number of fused-ring (bicyclic) bond motifs is 1. The summed E-state index contributed by atoms with van der Waals surface area (Å²) in [5.74, 6) is -1.02. The van der Waals surface area contributed by atoms with Gasteiger partial charge in [0.15, 0.2) is 5.69 Å². The van der Waals surface area contributed by atoms with Crippen molar-refractivity contribution in [1.29, 1.82) is 0 Å². The van der Waals surface area contributed by atoms with E-state index in [-0.39, 0.29) is 5.69 Å². The van der Waals surface area contributed by atoms with Crippen molar-refractivity contribution in [3.8, 4) is 0 Å². The van der Waals surface area contributed by atoms with Gasteiger partial charge in [0, 0.05) is 16.1 Å². The van der Waals surface area contributed by atoms with Crippen LogP contribution in [0.25, 0.3) is 11.0 Å². The molecule has 0 unspecified atom stereocenters. The van der Waals surface area contributed by atoms with Gasteiger partial charge in [0.2, 0.25) is 0 Å². The molecule has 0 amide bonds. The molecule has 2 heterocycles. The Labute approximate surface area is 81.7 Å². The number of nitrogens with zero attached hydrogens (tertiary/aromatic N) is 1. The zero-order valence-electron chi connectivity index (χ0n) is 6.41. The maximum Gasteiger partial charge on any atom is 0.354 e. The standard InChI is InChI=1S/C8H5BrN2O2/c9-5-3-10-7-4(5)1-2-6(11-7)8(12)13/h1-3H,(H,10,11)(H,12,13). The Balaban J connectivity index is 2.70. The largest absolute Gasteiger partial charge is 0.477 e. The maximum absolute atomic E-state index is 10.6. The highest BCUT2D eigenvalue weighted by molar-refractivity contribution is 9.10. The van der Waals surface area contributed by atoms with Gasteiger partial charge < -0.3 is 10.1 Å². The molecule has 0 aromatic carbocycles. The van der Waals surface area contributed by atoms with Gasteiger partial charge in [-0.25, -0.2) is 9.78 Å². The van der Waals surface area contributed by atoms with Gasteiger partial charge in [-0.15, -0.1) is 0 Å². The van der Waals surface area contributed by atoms with Gasteiger partial charge in [-0.1, -0.05) is 0 Å². The second-order valence-electron chi connectivity index (χ2n) is 2.53. The van der Waals surface area contributed by atoms with Crippen LogP contribution >= 0.6 is 15.9 Å². The summed E-state index contributed by atoms with van der Waals surface area (Å²) in [5, 5.41) is 9.54. The number of H-pyrrole nitrogens is 1. The number of hydrogen-bond acceptors (Lipinski definition) is 2. The number of pyridine rings is 1. The number of carbonyl (C=O) groups is 1. The quantitative estimate of drug-likeness (QED) is 0.802. The average molecular weight is 241 g/mol. The third-order valence-corrected chi connectivity index (χ3v) is 2.36. The zero-order valence-corrected chi connectivity index (χ0v) is 8.00. The van der Waals surface area contributed by atoms with Crippen molar-refractivity contribution in [1.82, 2.24) is 9.97 Å². The Hall–Kier alpha value is -1.36. The van der Waals surface area contributed by atoms with E-state index in [9.17, 15) is 4.79 Å². The van der Waals surface area contributed by atoms with Crippen LogP contribution in [0.2, 0.25) is 0 Å². The predicted molar refractivity (Wildman–Crippen MR) is 50.8 cm³/mol. The van der Waals surface area contributed by atoms with Crippen LogP contribution in [-0.2, 0) is 0 Å². The second kappa shape index (κ2) is 2.85. The molecule has 0 atom stereocenters. The van der Waals surface area contributed by atoms with Crippen molar-refractivity contribution in [3.63, 3.8) is 0 Å². The summed E-state index contributed by atoms with van der Waals surface area (Å²) in [4.78, 5) is 17.3. The SMILES string of the molecule is O=C(O)c1ccc2c(Br)c[nH]c2n1. The molecular formula is C8H5BrN2O2. The van der Waals surface area contributed by atoms with E-state index in [0.717, 1.165) is 9.86 Å². The first kappa shape index (κ1) is 8.25. The molecular weight excluding hydrogens is 236 g/mol. The summed E-state index contributed by atoms with van der Waals surface area (Å²) in [6, 6.07) is 3.19. The molecule has 5 heteroatoms. The van der Waals surface area contributed by atoms with Crippen LogP contribution in [0.3, 0.4) is 0 Å². The first-order valence-corrected chi connectivity index (χ1v) is 4.34. The van der Waals surface area contributed by atoms with Crippen molar-refractivity contribution < 1.29 is 9.90 Å². The molecule has 0 saturated carbocycles. The lowest BCUT2D eigenvalue weighted by molar-refractivity contribution is 0.0691. The van der Waals surface area contributed by atoms with Gasteiger partial charge in [-0.2, -0.15) is 0 Å². The van der Waals surface area contributed by atoms with E-state index in [0.29, 0.717) is 5.65 Å². The van der Waals surface area contributed by atoms with Gasteiger partial charge in [0.05, 0.1) is 0 Å². The van der Waals surface area contributed by atoms with Crippen LogP contribution in [-0.4, -0.2) is 21.0 Å². The molecule has 13 heavy (non-hydrogen) atoms. The van der Waals surface area contributed by atoms with Crippen LogP contribution in [0.1, 0.15) is 10.5 Å². The maximum atomic E-state index is 10.6. The molecule has 0 saturated heterocycles. The van der Waals surface area contributed by atoms with E-state index >= 15 is 0 Å². The van der Waals surface area contributed by atoms with E-state index in [2.05, 4.69) is 25.9 Å². The van der Waals surface area contributed by atoms with Crippen LogP contribution in [0, 0.1) is 0 Å². The topological polar surface area (TPSA) is 66.0 Å². The Morgan fingerprint density at radius 3 is 3.00 bits per heavy atom. The zero-order chi connectivity index (χ0) is 9.42. The molecule has 2 N–H and O–H groups in total. The number of rotatable bonds is 1. The highest BCUT2D eigenvalue weighted by Gasteiger charge is 2.07. The molecule has 0 spiro atoms. The molecule has 2 rings (SSSR count). The van der Waals surface area contributed by atoms with E-state index in [1.165, 1.54) is 6.07 Å². The molecule has 2 aromatic rings. The Morgan fingerprint density at radius 1 is 1.54 bits per heavy atom. The molecule has 0 aliphatic heterocycles. The lowest BCUT2D eigenvalue weighted by Gasteiger charge is -1.93.